The van der Waals surface area contributed by atoms with Gasteiger partial charge in [0.15, 0.2) is 0 Å². The summed E-state index contributed by atoms with van der Waals surface area (Å²) in [6.07, 6.45) is 0. The molecule has 4 rings (SSSR count). The van der Waals surface area contributed by atoms with E-state index in [-0.39, 0.29) is 36.9 Å². The molecule has 0 spiro atoms. The van der Waals surface area contributed by atoms with Crippen LogP contribution in [0.2, 0.25) is 0 Å². The summed E-state index contributed by atoms with van der Waals surface area (Å²) in [6.45, 7) is 35.2. The van der Waals surface area contributed by atoms with E-state index in [1.165, 1.54) is 0 Å². The fourth-order valence-corrected chi connectivity index (χ4v) is 7.18. The third-order valence-corrected chi connectivity index (χ3v) is 10.4. The first-order valence-corrected chi connectivity index (χ1v) is 19.5. The number of aromatic hydroxyl groups is 3. The molecule has 4 aromatic rings. The van der Waals surface area contributed by atoms with Gasteiger partial charge in [0.25, 0.3) is 0 Å². The van der Waals surface area contributed by atoms with Gasteiger partial charge in [-0.1, -0.05) is 110 Å². The highest BCUT2D eigenvalue weighted by atomic mass is 16.3. The maximum atomic E-state index is 14.6. The maximum Gasteiger partial charge on any atom is 0.336 e. The van der Waals surface area contributed by atoms with Gasteiger partial charge < -0.3 is 15.3 Å². The Balaban J connectivity index is 2.11. The first kappa shape index (κ1) is 43.9. The van der Waals surface area contributed by atoms with Gasteiger partial charge in [-0.2, -0.15) is 0 Å². The molecule has 1 heterocycles. The molecule has 0 saturated heterocycles. The first-order chi connectivity index (χ1) is 25.2. The molecular formula is C47H65N3O6. The number of benzene rings is 3. The van der Waals surface area contributed by atoms with Gasteiger partial charge in [0, 0.05) is 11.1 Å². The van der Waals surface area contributed by atoms with Gasteiger partial charge in [-0.05, 0) is 115 Å². The van der Waals surface area contributed by atoms with E-state index in [0.29, 0.717) is 55.6 Å². The lowest BCUT2D eigenvalue weighted by Gasteiger charge is -2.28. The van der Waals surface area contributed by atoms with Crippen LogP contribution in [0.5, 0.6) is 17.2 Å². The summed E-state index contributed by atoms with van der Waals surface area (Å²) in [5, 5.41) is 34.1. The van der Waals surface area contributed by atoms with Gasteiger partial charge in [0.1, 0.15) is 17.2 Å². The minimum Gasteiger partial charge on any atom is -0.507 e. The normalized spacial score (nSPS) is 13.0. The van der Waals surface area contributed by atoms with Crippen LogP contribution in [0.25, 0.3) is 5.57 Å². The Kier molecular flexibility index (Phi) is 11.5. The lowest BCUT2D eigenvalue weighted by molar-refractivity contribution is 0.421. The predicted octanol–water partition coefficient (Wildman–Crippen LogP) is 8.95. The van der Waals surface area contributed by atoms with Crippen LogP contribution in [0, 0.1) is 0 Å². The monoisotopic (exact) mass is 767 g/mol. The number of phenolic OH excluding ortho intramolecular Hbond substituents is 3. The van der Waals surface area contributed by atoms with Crippen molar-refractivity contribution in [3.05, 3.63) is 125 Å². The molecule has 1 aromatic heterocycles. The average Bonchev–Trinajstić information content (AvgIpc) is 3.02. The first-order valence-electron chi connectivity index (χ1n) is 19.5. The smallest absolute Gasteiger partial charge is 0.336 e. The van der Waals surface area contributed by atoms with Gasteiger partial charge in [-0.3, -0.25) is 0 Å². The van der Waals surface area contributed by atoms with Crippen molar-refractivity contribution >= 4 is 5.57 Å². The van der Waals surface area contributed by atoms with E-state index < -0.39 is 44.1 Å². The van der Waals surface area contributed by atoms with Crippen molar-refractivity contribution in [1.82, 2.24) is 13.7 Å². The quantitative estimate of drug-likeness (QED) is 0.172. The molecule has 0 bridgehead atoms. The third-order valence-electron chi connectivity index (χ3n) is 10.4. The number of hydrogen-bond acceptors (Lipinski definition) is 6. The van der Waals surface area contributed by atoms with E-state index in [1.807, 2.05) is 128 Å². The SMILES string of the molecule is C=C(C)c1cc(Cn2c(=O)n(Cc3cc(C(C)(C)C)c(O)c(C(C)(C)C)c3)c(=O)n(Cc3cc(C(C)(C)C)c(O)c(C(C)(C)C)c3)c2=O)cc(C(C)(C)C)c1O. The molecule has 0 atom stereocenters. The van der Waals surface area contributed by atoms with Crippen LogP contribution < -0.4 is 17.1 Å². The highest BCUT2D eigenvalue weighted by Crippen LogP contribution is 2.42. The van der Waals surface area contributed by atoms with Crippen LogP contribution in [0.1, 0.15) is 161 Å². The minimum atomic E-state index is -0.780. The zero-order valence-corrected chi connectivity index (χ0v) is 36.7. The number of rotatable bonds is 7. The lowest BCUT2D eigenvalue weighted by atomic mass is 9.78. The molecule has 0 aliphatic carbocycles. The van der Waals surface area contributed by atoms with E-state index in [1.54, 1.807) is 19.1 Å². The fourth-order valence-electron chi connectivity index (χ4n) is 7.18. The summed E-state index contributed by atoms with van der Waals surface area (Å²) in [6, 6.07) is 10.8. The molecule has 9 heteroatoms. The highest BCUT2D eigenvalue weighted by molar-refractivity contribution is 5.70. The molecule has 0 aliphatic heterocycles. The highest BCUT2D eigenvalue weighted by Gasteiger charge is 2.30. The summed E-state index contributed by atoms with van der Waals surface area (Å²) in [7, 11) is 0. The maximum absolute atomic E-state index is 14.6. The van der Waals surface area contributed by atoms with E-state index >= 15 is 0 Å². The topological polar surface area (TPSA) is 127 Å². The number of allylic oxidation sites excluding steroid dienone is 1. The second-order valence-corrected chi connectivity index (χ2v) is 20.8. The molecule has 0 fully saturated rings. The van der Waals surface area contributed by atoms with Crippen LogP contribution in [-0.2, 0) is 46.7 Å². The molecule has 0 saturated carbocycles. The van der Waals surface area contributed by atoms with Gasteiger partial charge >= 0.3 is 17.1 Å². The Hall–Kier alpha value is -4.79. The largest absolute Gasteiger partial charge is 0.507 e. The van der Waals surface area contributed by atoms with Gasteiger partial charge in [-0.25, -0.2) is 28.1 Å². The summed E-state index contributed by atoms with van der Waals surface area (Å²) < 4.78 is 3.26. The molecular weight excluding hydrogens is 703 g/mol. The second-order valence-electron chi connectivity index (χ2n) is 20.8. The third kappa shape index (κ3) is 8.92. The zero-order valence-electron chi connectivity index (χ0n) is 36.7. The molecule has 304 valence electrons. The molecule has 9 nitrogen and oxygen atoms in total. The number of aromatic nitrogens is 3. The van der Waals surface area contributed by atoms with Crippen LogP contribution in [0.15, 0.2) is 57.4 Å². The minimum absolute atomic E-state index is 0.0942. The van der Waals surface area contributed by atoms with Crippen molar-refractivity contribution in [2.75, 3.05) is 0 Å². The van der Waals surface area contributed by atoms with Gasteiger partial charge in [0.2, 0.25) is 0 Å². The standard InChI is InChI=1S/C47H65N3O6/c1-27(2)31-18-28(19-32(37(31)51)43(3,4)5)24-48-40(54)49(25-29-20-33(44(6,7)8)38(52)34(21-29)45(9,10)11)42(56)50(41(48)55)26-30-22-35(46(12,13)14)39(53)36(23-30)47(15,16)17/h18-23,51-53H,1,24-26H2,2-17H3. The van der Waals surface area contributed by atoms with Gasteiger partial charge in [0.05, 0.1) is 19.6 Å². The summed E-state index contributed by atoms with van der Waals surface area (Å²) in [5.74, 6) is 0.447. The molecule has 0 unspecified atom stereocenters. The number of nitrogens with zero attached hydrogens (tertiary/aromatic N) is 3. The van der Waals surface area contributed by atoms with Crippen LogP contribution in [0.4, 0.5) is 0 Å². The van der Waals surface area contributed by atoms with Gasteiger partial charge in [-0.15, -0.1) is 0 Å². The van der Waals surface area contributed by atoms with Crippen molar-refractivity contribution in [3.63, 3.8) is 0 Å². The zero-order chi connectivity index (χ0) is 42.8. The van der Waals surface area contributed by atoms with Crippen LogP contribution in [-0.4, -0.2) is 29.0 Å². The summed E-state index contributed by atoms with van der Waals surface area (Å²) in [5.41, 5.74) is 1.72. The Labute approximate surface area is 333 Å². The van der Waals surface area contributed by atoms with Crippen LogP contribution in [0.3, 0.4) is 0 Å². The van der Waals surface area contributed by atoms with Crippen molar-refractivity contribution < 1.29 is 15.3 Å². The Bertz CT molecular complexity index is 2180. The number of phenols is 3. The van der Waals surface area contributed by atoms with Crippen molar-refractivity contribution in [1.29, 1.82) is 0 Å². The van der Waals surface area contributed by atoms with Crippen molar-refractivity contribution in [2.45, 2.75) is 157 Å². The summed E-state index contributed by atoms with van der Waals surface area (Å²) >= 11 is 0. The molecule has 56 heavy (non-hydrogen) atoms. The van der Waals surface area contributed by atoms with Crippen molar-refractivity contribution in [2.24, 2.45) is 0 Å². The van der Waals surface area contributed by atoms with E-state index in [9.17, 15) is 29.7 Å². The Morgan fingerprint density at radius 1 is 0.446 bits per heavy atom. The van der Waals surface area contributed by atoms with Crippen molar-refractivity contribution in [3.8, 4) is 17.2 Å². The predicted molar refractivity (Wildman–Crippen MR) is 229 cm³/mol. The Morgan fingerprint density at radius 2 is 0.661 bits per heavy atom. The molecule has 0 radical (unpaired) electrons. The fraction of sp³-hybridized carbons (Fsp3) is 0.511. The lowest BCUT2D eigenvalue weighted by Crippen LogP contribution is -2.55. The summed E-state index contributed by atoms with van der Waals surface area (Å²) in [4.78, 5) is 43.8. The van der Waals surface area contributed by atoms with E-state index in [4.69, 9.17) is 0 Å². The molecule has 3 N–H and O–H groups in total. The Morgan fingerprint density at radius 3 is 0.875 bits per heavy atom. The molecule has 0 aliphatic rings. The second kappa shape index (κ2) is 14.6. The molecule has 0 amide bonds. The van der Waals surface area contributed by atoms with E-state index in [0.717, 1.165) is 13.7 Å². The number of hydrogen-bond donors (Lipinski definition) is 3. The van der Waals surface area contributed by atoms with Crippen LogP contribution >= 0.6 is 0 Å². The average molecular weight is 768 g/mol. The molecule has 3 aromatic carbocycles. The van der Waals surface area contributed by atoms with E-state index in [2.05, 4.69) is 6.58 Å².